The van der Waals surface area contributed by atoms with Crippen molar-refractivity contribution in [2.24, 2.45) is 0 Å². The van der Waals surface area contributed by atoms with E-state index in [4.69, 9.17) is 4.74 Å². The molecule has 0 saturated carbocycles. The summed E-state index contributed by atoms with van der Waals surface area (Å²) in [7, 11) is 2.15. The van der Waals surface area contributed by atoms with Gasteiger partial charge in [0.2, 0.25) is 0 Å². The number of hydrogen-bond acceptors (Lipinski definition) is 5. The molecule has 0 aromatic carbocycles. The van der Waals surface area contributed by atoms with E-state index in [1.54, 1.807) is 12.4 Å². The predicted octanol–water partition coefficient (Wildman–Crippen LogP) is -0.00420. The lowest BCUT2D eigenvalue weighted by Crippen LogP contribution is -2.58. The van der Waals surface area contributed by atoms with Gasteiger partial charge in [0, 0.05) is 38.6 Å². The van der Waals surface area contributed by atoms with E-state index in [1.165, 1.54) is 0 Å². The highest BCUT2D eigenvalue weighted by molar-refractivity contribution is 5.36. The zero-order chi connectivity index (χ0) is 11.0. The summed E-state index contributed by atoms with van der Waals surface area (Å²) >= 11 is 0. The number of fused-ring (bicyclic) bond motifs is 2. The molecule has 5 nitrogen and oxygen atoms in total. The van der Waals surface area contributed by atoms with Crippen molar-refractivity contribution in [2.75, 3.05) is 38.1 Å². The lowest BCUT2D eigenvalue weighted by molar-refractivity contribution is -0.0876. The standard InChI is InChI=1S/C11H16N4O/c1-14-5-9-7-15(8-10(6-14)16-9)11-4-12-2-3-13-11/h2-4,9-10H,5-8H2,1H3. The van der Waals surface area contributed by atoms with E-state index < -0.39 is 0 Å². The first kappa shape index (κ1) is 9.99. The fourth-order valence-corrected chi connectivity index (χ4v) is 2.54. The smallest absolute Gasteiger partial charge is 0.147 e. The van der Waals surface area contributed by atoms with Crippen molar-refractivity contribution in [1.29, 1.82) is 0 Å². The highest BCUT2D eigenvalue weighted by Crippen LogP contribution is 2.21. The van der Waals surface area contributed by atoms with Crippen molar-refractivity contribution in [3.05, 3.63) is 18.6 Å². The molecule has 2 aliphatic rings. The van der Waals surface area contributed by atoms with Gasteiger partial charge in [0.25, 0.3) is 0 Å². The van der Waals surface area contributed by atoms with Crippen LogP contribution in [0.2, 0.25) is 0 Å². The third kappa shape index (κ3) is 1.88. The first-order chi connectivity index (χ1) is 7.81. The molecule has 16 heavy (non-hydrogen) atoms. The van der Waals surface area contributed by atoms with Gasteiger partial charge >= 0.3 is 0 Å². The summed E-state index contributed by atoms with van der Waals surface area (Å²) in [6.07, 6.45) is 5.88. The number of morpholine rings is 2. The van der Waals surface area contributed by atoms with Crippen molar-refractivity contribution in [1.82, 2.24) is 14.9 Å². The highest BCUT2D eigenvalue weighted by Gasteiger charge is 2.33. The number of ether oxygens (including phenoxy) is 1. The SMILES string of the molecule is CN1CC2CN(c3cnccn3)CC(C1)O2. The fourth-order valence-electron chi connectivity index (χ4n) is 2.54. The van der Waals surface area contributed by atoms with Crippen LogP contribution in [-0.4, -0.2) is 60.3 Å². The number of hydrogen-bond donors (Lipinski definition) is 0. The predicted molar refractivity (Wildman–Crippen MR) is 60.4 cm³/mol. The highest BCUT2D eigenvalue weighted by atomic mass is 16.5. The van der Waals surface area contributed by atoms with Crippen LogP contribution in [0.15, 0.2) is 18.6 Å². The Kier molecular flexibility index (Phi) is 2.49. The van der Waals surface area contributed by atoms with Gasteiger partial charge in [-0.2, -0.15) is 0 Å². The molecule has 2 fully saturated rings. The second-order valence-electron chi connectivity index (χ2n) is 4.57. The van der Waals surface area contributed by atoms with E-state index in [2.05, 4.69) is 26.8 Å². The minimum Gasteiger partial charge on any atom is -0.369 e. The molecule has 3 rings (SSSR count). The number of likely N-dealkylation sites (N-methyl/N-ethyl adjacent to an activating group) is 1. The van der Waals surface area contributed by atoms with E-state index in [-0.39, 0.29) is 0 Å². The van der Waals surface area contributed by atoms with Crippen LogP contribution in [0, 0.1) is 0 Å². The van der Waals surface area contributed by atoms with Crippen LogP contribution in [-0.2, 0) is 4.74 Å². The summed E-state index contributed by atoms with van der Waals surface area (Å²) in [6, 6.07) is 0. The van der Waals surface area contributed by atoms with Crippen LogP contribution >= 0.6 is 0 Å². The zero-order valence-electron chi connectivity index (χ0n) is 9.41. The van der Waals surface area contributed by atoms with Gasteiger partial charge in [-0.3, -0.25) is 4.98 Å². The van der Waals surface area contributed by atoms with Crippen molar-refractivity contribution in [3.63, 3.8) is 0 Å². The van der Waals surface area contributed by atoms with Gasteiger partial charge in [-0.15, -0.1) is 0 Å². The molecule has 0 amide bonds. The molecule has 1 aromatic rings. The molecule has 0 spiro atoms. The number of aromatic nitrogens is 2. The second-order valence-corrected chi connectivity index (χ2v) is 4.57. The van der Waals surface area contributed by atoms with Crippen molar-refractivity contribution in [3.8, 4) is 0 Å². The molecule has 86 valence electrons. The fraction of sp³-hybridized carbons (Fsp3) is 0.636. The summed E-state index contributed by atoms with van der Waals surface area (Å²) in [6.45, 7) is 3.85. The van der Waals surface area contributed by atoms with Crippen LogP contribution in [0.5, 0.6) is 0 Å². The zero-order valence-corrected chi connectivity index (χ0v) is 9.41. The van der Waals surface area contributed by atoms with Crippen molar-refractivity contribution in [2.45, 2.75) is 12.2 Å². The maximum absolute atomic E-state index is 5.91. The Balaban J connectivity index is 1.76. The van der Waals surface area contributed by atoms with Crippen LogP contribution < -0.4 is 4.90 Å². The normalized spacial score (nSPS) is 30.4. The minimum absolute atomic E-state index is 0.305. The molecule has 2 bridgehead atoms. The molecule has 2 aliphatic heterocycles. The Hall–Kier alpha value is -1.20. The van der Waals surface area contributed by atoms with Gasteiger partial charge < -0.3 is 14.5 Å². The summed E-state index contributed by atoms with van der Waals surface area (Å²) in [5.41, 5.74) is 0. The third-order valence-corrected chi connectivity index (χ3v) is 3.14. The Morgan fingerprint density at radius 2 is 1.94 bits per heavy atom. The van der Waals surface area contributed by atoms with Gasteiger partial charge in [0.05, 0.1) is 18.4 Å². The molecule has 2 atom stereocenters. The first-order valence-corrected chi connectivity index (χ1v) is 5.66. The van der Waals surface area contributed by atoms with Crippen LogP contribution in [0.1, 0.15) is 0 Å². The molecule has 5 heteroatoms. The van der Waals surface area contributed by atoms with E-state index >= 15 is 0 Å². The molecule has 0 N–H and O–H groups in total. The van der Waals surface area contributed by atoms with Crippen LogP contribution in [0.4, 0.5) is 5.82 Å². The Bertz CT molecular complexity index is 340. The lowest BCUT2D eigenvalue weighted by Gasteiger charge is -2.45. The van der Waals surface area contributed by atoms with E-state index in [0.29, 0.717) is 12.2 Å². The number of nitrogens with zero attached hydrogens (tertiary/aromatic N) is 4. The minimum atomic E-state index is 0.305. The maximum atomic E-state index is 5.91. The van der Waals surface area contributed by atoms with E-state index in [9.17, 15) is 0 Å². The van der Waals surface area contributed by atoms with Crippen LogP contribution in [0.25, 0.3) is 0 Å². The molecular weight excluding hydrogens is 204 g/mol. The Labute approximate surface area is 95.0 Å². The molecule has 2 unspecified atom stereocenters. The van der Waals surface area contributed by atoms with Gasteiger partial charge in [-0.25, -0.2) is 4.98 Å². The first-order valence-electron chi connectivity index (χ1n) is 5.66. The molecule has 0 radical (unpaired) electrons. The van der Waals surface area contributed by atoms with Crippen molar-refractivity contribution >= 4 is 5.82 Å². The Morgan fingerprint density at radius 1 is 1.19 bits per heavy atom. The van der Waals surface area contributed by atoms with Gasteiger partial charge in [-0.05, 0) is 7.05 Å². The number of rotatable bonds is 1. The monoisotopic (exact) mass is 220 g/mol. The van der Waals surface area contributed by atoms with Crippen LogP contribution in [0.3, 0.4) is 0 Å². The molecule has 3 heterocycles. The van der Waals surface area contributed by atoms with Gasteiger partial charge in [-0.1, -0.05) is 0 Å². The summed E-state index contributed by atoms with van der Waals surface area (Å²) in [5.74, 6) is 0.963. The average molecular weight is 220 g/mol. The van der Waals surface area contributed by atoms with Gasteiger partial charge in [0.1, 0.15) is 5.82 Å². The quantitative estimate of drug-likeness (QED) is 0.666. The lowest BCUT2D eigenvalue weighted by atomic mass is 10.1. The number of anilines is 1. The topological polar surface area (TPSA) is 41.5 Å². The average Bonchev–Trinajstić information content (AvgIpc) is 2.28. The Morgan fingerprint density at radius 3 is 2.56 bits per heavy atom. The molecular formula is C11H16N4O. The summed E-state index contributed by atoms with van der Waals surface area (Å²) in [5, 5.41) is 0. The van der Waals surface area contributed by atoms with E-state index in [0.717, 1.165) is 32.0 Å². The summed E-state index contributed by atoms with van der Waals surface area (Å²) < 4.78 is 5.91. The van der Waals surface area contributed by atoms with Gasteiger partial charge in [0.15, 0.2) is 0 Å². The third-order valence-electron chi connectivity index (χ3n) is 3.14. The second kappa shape index (κ2) is 3.99. The summed E-state index contributed by atoms with van der Waals surface area (Å²) in [4.78, 5) is 13.1. The maximum Gasteiger partial charge on any atom is 0.147 e. The van der Waals surface area contributed by atoms with Crippen molar-refractivity contribution < 1.29 is 4.74 Å². The molecule has 2 saturated heterocycles. The largest absolute Gasteiger partial charge is 0.369 e. The van der Waals surface area contributed by atoms with E-state index in [1.807, 2.05) is 6.20 Å². The molecule has 0 aliphatic carbocycles. The molecule has 1 aromatic heterocycles.